The number of benzene rings is 2. The van der Waals surface area contributed by atoms with Crippen LogP contribution in [0.25, 0.3) is 0 Å². The zero-order valence-corrected chi connectivity index (χ0v) is 16.2. The lowest BCUT2D eigenvalue weighted by Gasteiger charge is -2.30. The first-order valence-corrected chi connectivity index (χ1v) is 9.35. The van der Waals surface area contributed by atoms with E-state index >= 15 is 0 Å². The minimum Gasteiger partial charge on any atom is -0.481 e. The van der Waals surface area contributed by atoms with Crippen molar-refractivity contribution >= 4 is 5.91 Å². The summed E-state index contributed by atoms with van der Waals surface area (Å²) in [6.45, 7) is 10.5. The van der Waals surface area contributed by atoms with Crippen LogP contribution in [0.4, 0.5) is 0 Å². The fourth-order valence-electron chi connectivity index (χ4n) is 3.08. The molecule has 0 spiro atoms. The molecule has 140 valence electrons. The second-order valence-electron chi connectivity index (χ2n) is 6.47. The van der Waals surface area contributed by atoms with E-state index in [-0.39, 0.29) is 11.9 Å². The standard InChI is InChI=1S/C22H30N2O2/c1-5-24(6-2)21(19-12-8-7-9-13-19)16-23-22(25)18(4)26-20-14-10-11-17(3)15-20/h7-15,18,21H,5-6,16H2,1-4H3,(H,23,25). The summed E-state index contributed by atoms with van der Waals surface area (Å²) < 4.78 is 5.78. The van der Waals surface area contributed by atoms with Crippen molar-refractivity contribution in [1.82, 2.24) is 10.2 Å². The van der Waals surface area contributed by atoms with Crippen molar-refractivity contribution < 1.29 is 9.53 Å². The number of carbonyl (C=O) groups is 1. The first kappa shape index (κ1) is 20.0. The van der Waals surface area contributed by atoms with Crippen LogP contribution in [-0.4, -0.2) is 36.5 Å². The number of ether oxygens (including phenoxy) is 1. The Labute approximate surface area is 157 Å². The van der Waals surface area contributed by atoms with E-state index < -0.39 is 6.10 Å². The highest BCUT2D eigenvalue weighted by atomic mass is 16.5. The summed E-state index contributed by atoms with van der Waals surface area (Å²) in [6.07, 6.45) is -0.537. The van der Waals surface area contributed by atoms with Crippen molar-refractivity contribution in [3.05, 3.63) is 65.7 Å². The third kappa shape index (κ3) is 5.60. The van der Waals surface area contributed by atoms with Gasteiger partial charge in [0.2, 0.25) is 0 Å². The van der Waals surface area contributed by atoms with Crippen molar-refractivity contribution in [3.8, 4) is 5.75 Å². The van der Waals surface area contributed by atoms with Crippen LogP contribution in [0, 0.1) is 6.92 Å². The van der Waals surface area contributed by atoms with Gasteiger partial charge in [0.15, 0.2) is 6.10 Å². The van der Waals surface area contributed by atoms with E-state index in [1.807, 2.05) is 49.4 Å². The Morgan fingerprint density at radius 3 is 2.38 bits per heavy atom. The summed E-state index contributed by atoms with van der Waals surface area (Å²) >= 11 is 0. The zero-order chi connectivity index (χ0) is 18.9. The topological polar surface area (TPSA) is 41.6 Å². The van der Waals surface area contributed by atoms with Crippen LogP contribution in [0.5, 0.6) is 5.75 Å². The third-order valence-electron chi connectivity index (χ3n) is 4.58. The SMILES string of the molecule is CCN(CC)C(CNC(=O)C(C)Oc1cccc(C)c1)c1ccccc1. The molecule has 0 fully saturated rings. The smallest absolute Gasteiger partial charge is 0.260 e. The monoisotopic (exact) mass is 354 g/mol. The van der Waals surface area contributed by atoms with E-state index in [2.05, 4.69) is 36.2 Å². The van der Waals surface area contributed by atoms with Gasteiger partial charge < -0.3 is 10.1 Å². The summed E-state index contributed by atoms with van der Waals surface area (Å²) in [6, 6.07) is 18.2. The average Bonchev–Trinajstić information content (AvgIpc) is 2.65. The van der Waals surface area contributed by atoms with Gasteiger partial charge in [0.05, 0.1) is 6.04 Å². The van der Waals surface area contributed by atoms with Gasteiger partial charge in [-0.05, 0) is 50.2 Å². The molecular weight excluding hydrogens is 324 g/mol. The average molecular weight is 354 g/mol. The molecule has 2 unspecified atom stereocenters. The number of nitrogens with zero attached hydrogens (tertiary/aromatic N) is 1. The Morgan fingerprint density at radius 1 is 1.08 bits per heavy atom. The first-order valence-electron chi connectivity index (χ1n) is 9.35. The number of aryl methyl sites for hydroxylation is 1. The number of rotatable bonds is 9. The van der Waals surface area contributed by atoms with Crippen LogP contribution in [0.2, 0.25) is 0 Å². The molecule has 2 atom stereocenters. The molecule has 26 heavy (non-hydrogen) atoms. The minimum absolute atomic E-state index is 0.0976. The van der Waals surface area contributed by atoms with E-state index in [9.17, 15) is 4.79 Å². The Balaban J connectivity index is 1.99. The maximum absolute atomic E-state index is 12.5. The van der Waals surface area contributed by atoms with Crippen LogP contribution in [-0.2, 0) is 4.79 Å². The van der Waals surface area contributed by atoms with Crippen LogP contribution in [0.3, 0.4) is 0 Å². The predicted octanol–water partition coefficient (Wildman–Crippen LogP) is 3.96. The van der Waals surface area contributed by atoms with Crippen molar-refractivity contribution in [3.63, 3.8) is 0 Å². The van der Waals surface area contributed by atoms with Gasteiger partial charge in [-0.2, -0.15) is 0 Å². The molecule has 4 heteroatoms. The summed E-state index contributed by atoms with van der Waals surface area (Å²) in [5.41, 5.74) is 2.32. The van der Waals surface area contributed by atoms with Crippen LogP contribution < -0.4 is 10.1 Å². The molecule has 1 N–H and O–H groups in total. The fourth-order valence-corrected chi connectivity index (χ4v) is 3.08. The molecule has 0 radical (unpaired) electrons. The summed E-state index contributed by atoms with van der Waals surface area (Å²) in [5, 5.41) is 3.06. The van der Waals surface area contributed by atoms with E-state index in [4.69, 9.17) is 4.74 Å². The lowest BCUT2D eigenvalue weighted by Crippen LogP contribution is -2.42. The molecular formula is C22H30N2O2. The summed E-state index contributed by atoms with van der Waals surface area (Å²) in [7, 11) is 0. The van der Waals surface area contributed by atoms with E-state index in [1.165, 1.54) is 5.56 Å². The molecule has 2 aromatic rings. The number of hydrogen-bond acceptors (Lipinski definition) is 3. The highest BCUT2D eigenvalue weighted by Crippen LogP contribution is 2.20. The molecule has 0 saturated heterocycles. The highest BCUT2D eigenvalue weighted by molar-refractivity contribution is 5.80. The van der Waals surface area contributed by atoms with Crippen LogP contribution in [0.1, 0.15) is 37.9 Å². The zero-order valence-electron chi connectivity index (χ0n) is 16.2. The quantitative estimate of drug-likeness (QED) is 0.741. The summed E-state index contributed by atoms with van der Waals surface area (Å²) in [4.78, 5) is 14.9. The molecule has 0 heterocycles. The van der Waals surface area contributed by atoms with Gasteiger partial charge in [-0.15, -0.1) is 0 Å². The van der Waals surface area contributed by atoms with Crippen LogP contribution >= 0.6 is 0 Å². The van der Waals surface area contributed by atoms with E-state index in [0.29, 0.717) is 6.54 Å². The lowest BCUT2D eigenvalue weighted by atomic mass is 10.0. The molecule has 4 nitrogen and oxygen atoms in total. The third-order valence-corrected chi connectivity index (χ3v) is 4.58. The molecule has 0 bridgehead atoms. The van der Waals surface area contributed by atoms with Crippen molar-refractivity contribution in [2.24, 2.45) is 0 Å². The second kappa shape index (κ2) is 9.97. The van der Waals surface area contributed by atoms with Gasteiger partial charge in [-0.25, -0.2) is 0 Å². The number of amides is 1. The molecule has 1 amide bonds. The Hall–Kier alpha value is -2.33. The normalized spacial score (nSPS) is 13.3. The molecule has 0 aliphatic rings. The number of likely N-dealkylation sites (N-methyl/N-ethyl adjacent to an activating group) is 1. The van der Waals surface area contributed by atoms with Crippen molar-refractivity contribution in [2.45, 2.75) is 39.8 Å². The molecule has 2 aromatic carbocycles. The maximum atomic E-state index is 12.5. The van der Waals surface area contributed by atoms with Gasteiger partial charge in [0.25, 0.3) is 5.91 Å². The Morgan fingerprint density at radius 2 is 1.77 bits per heavy atom. The largest absolute Gasteiger partial charge is 0.481 e. The Kier molecular flexibility index (Phi) is 7.67. The number of nitrogens with one attached hydrogen (secondary N) is 1. The van der Waals surface area contributed by atoms with Crippen molar-refractivity contribution in [1.29, 1.82) is 0 Å². The predicted molar refractivity (Wildman–Crippen MR) is 106 cm³/mol. The molecule has 2 rings (SSSR count). The second-order valence-corrected chi connectivity index (χ2v) is 6.47. The van der Waals surface area contributed by atoms with Gasteiger partial charge in [0.1, 0.15) is 5.75 Å². The summed E-state index contributed by atoms with van der Waals surface area (Å²) in [5.74, 6) is 0.621. The molecule has 0 aliphatic carbocycles. The lowest BCUT2D eigenvalue weighted by molar-refractivity contribution is -0.127. The first-order chi connectivity index (χ1) is 12.5. The fraction of sp³-hybridized carbons (Fsp3) is 0.409. The van der Waals surface area contributed by atoms with Gasteiger partial charge in [-0.1, -0.05) is 56.3 Å². The molecule has 0 aliphatic heterocycles. The van der Waals surface area contributed by atoms with Crippen LogP contribution in [0.15, 0.2) is 54.6 Å². The number of carbonyl (C=O) groups excluding carboxylic acids is 1. The van der Waals surface area contributed by atoms with Gasteiger partial charge in [0, 0.05) is 6.54 Å². The number of hydrogen-bond donors (Lipinski definition) is 1. The molecule has 0 aromatic heterocycles. The van der Waals surface area contributed by atoms with Crippen molar-refractivity contribution in [2.75, 3.05) is 19.6 Å². The van der Waals surface area contributed by atoms with E-state index in [1.54, 1.807) is 6.92 Å². The van der Waals surface area contributed by atoms with E-state index in [0.717, 1.165) is 24.4 Å². The minimum atomic E-state index is -0.537. The van der Waals surface area contributed by atoms with Gasteiger partial charge in [-0.3, -0.25) is 9.69 Å². The maximum Gasteiger partial charge on any atom is 0.260 e. The molecule has 0 saturated carbocycles. The van der Waals surface area contributed by atoms with Gasteiger partial charge >= 0.3 is 0 Å². The Bertz CT molecular complexity index is 684. The highest BCUT2D eigenvalue weighted by Gasteiger charge is 2.21.